The Morgan fingerprint density at radius 3 is 2.33 bits per heavy atom. The number of hydrogen-bond donors (Lipinski definition) is 4. The molecule has 21 heavy (non-hydrogen) atoms. The summed E-state index contributed by atoms with van der Waals surface area (Å²) in [5.74, 6) is -1.32. The summed E-state index contributed by atoms with van der Waals surface area (Å²) in [6.07, 6.45) is 0.820. The van der Waals surface area contributed by atoms with Crippen LogP contribution in [0.4, 0.5) is 0 Å². The number of carbonyl (C=O) groups excluding carboxylic acids is 1. The number of phenols is 1. The Labute approximate surface area is 124 Å². The molecule has 0 saturated heterocycles. The second kappa shape index (κ2) is 7.08. The highest BCUT2D eigenvalue weighted by Crippen LogP contribution is 2.12. The normalized spacial score (nSPS) is 12.7. The summed E-state index contributed by atoms with van der Waals surface area (Å²) < 4.78 is 0. The van der Waals surface area contributed by atoms with E-state index in [1.807, 2.05) is 13.8 Å². The van der Waals surface area contributed by atoms with Gasteiger partial charge in [-0.2, -0.15) is 0 Å². The van der Waals surface area contributed by atoms with Gasteiger partial charge in [-0.15, -0.1) is 0 Å². The highest BCUT2D eigenvalue weighted by molar-refractivity contribution is 5.83. The molecule has 1 rings (SSSR count). The minimum atomic E-state index is -1.09. The van der Waals surface area contributed by atoms with Crippen LogP contribution in [0.25, 0.3) is 0 Å². The fraction of sp³-hybridized carbons (Fsp3) is 0.467. The number of amides is 1. The summed E-state index contributed by atoms with van der Waals surface area (Å²) in [5, 5.41) is 20.9. The van der Waals surface area contributed by atoms with Crippen molar-refractivity contribution in [3.8, 4) is 5.75 Å². The van der Waals surface area contributed by atoms with Gasteiger partial charge >= 0.3 is 5.97 Å². The summed E-state index contributed by atoms with van der Waals surface area (Å²) in [5.41, 5.74) is 6.05. The van der Waals surface area contributed by atoms with E-state index in [1.54, 1.807) is 12.1 Å². The molecule has 0 spiro atoms. The zero-order valence-electron chi connectivity index (χ0n) is 12.3. The topological polar surface area (TPSA) is 113 Å². The summed E-state index contributed by atoms with van der Waals surface area (Å²) >= 11 is 0. The Morgan fingerprint density at radius 1 is 1.29 bits per heavy atom. The van der Waals surface area contributed by atoms with Gasteiger partial charge in [-0.3, -0.25) is 4.79 Å². The quantitative estimate of drug-likeness (QED) is 0.600. The van der Waals surface area contributed by atoms with Crippen LogP contribution in [0.3, 0.4) is 0 Å². The largest absolute Gasteiger partial charge is 0.508 e. The van der Waals surface area contributed by atoms with Gasteiger partial charge in [0.2, 0.25) is 5.91 Å². The van der Waals surface area contributed by atoms with Gasteiger partial charge in [-0.05, 0) is 38.0 Å². The van der Waals surface area contributed by atoms with E-state index in [-0.39, 0.29) is 24.5 Å². The molecule has 0 unspecified atom stereocenters. The zero-order chi connectivity index (χ0) is 16.0. The summed E-state index contributed by atoms with van der Waals surface area (Å²) in [6.45, 7) is 3.62. The van der Waals surface area contributed by atoms with Crippen LogP contribution in [0.5, 0.6) is 5.75 Å². The maximum absolute atomic E-state index is 11.8. The molecule has 0 aliphatic heterocycles. The molecule has 0 heterocycles. The molecule has 1 atom stereocenters. The number of carboxylic acids is 1. The first kappa shape index (κ1) is 17.0. The van der Waals surface area contributed by atoms with Crippen LogP contribution in [-0.2, 0) is 16.0 Å². The average molecular weight is 294 g/mol. The zero-order valence-corrected chi connectivity index (χ0v) is 12.3. The van der Waals surface area contributed by atoms with E-state index in [4.69, 9.17) is 5.73 Å². The lowest BCUT2D eigenvalue weighted by molar-refractivity contribution is -0.141. The third-order valence-electron chi connectivity index (χ3n) is 3.01. The van der Waals surface area contributed by atoms with Crippen LogP contribution in [-0.4, -0.2) is 33.7 Å². The maximum atomic E-state index is 11.8. The lowest BCUT2D eigenvalue weighted by atomic mass is 9.99. The van der Waals surface area contributed by atoms with Crippen molar-refractivity contribution in [1.82, 2.24) is 5.32 Å². The predicted octanol–water partition coefficient (Wildman–Crippen LogP) is 1.02. The minimum absolute atomic E-state index is 0.111. The van der Waals surface area contributed by atoms with Crippen molar-refractivity contribution in [3.05, 3.63) is 29.8 Å². The molecule has 116 valence electrons. The van der Waals surface area contributed by atoms with Gasteiger partial charge in [-0.25, -0.2) is 4.79 Å². The van der Waals surface area contributed by atoms with Crippen molar-refractivity contribution in [2.75, 3.05) is 0 Å². The molecule has 0 aliphatic carbocycles. The van der Waals surface area contributed by atoms with Crippen molar-refractivity contribution in [2.45, 2.75) is 44.7 Å². The van der Waals surface area contributed by atoms with Crippen LogP contribution < -0.4 is 11.1 Å². The Bertz CT molecular complexity index is 491. The molecule has 0 aliphatic rings. The second-order valence-corrected chi connectivity index (χ2v) is 5.82. The first-order valence-corrected chi connectivity index (χ1v) is 6.76. The molecule has 5 N–H and O–H groups in total. The lowest BCUT2D eigenvalue weighted by Gasteiger charge is -2.19. The summed E-state index contributed by atoms with van der Waals surface area (Å²) in [4.78, 5) is 23.0. The molecule has 1 amide bonds. The molecule has 0 saturated carbocycles. The van der Waals surface area contributed by atoms with Crippen molar-refractivity contribution in [3.63, 3.8) is 0 Å². The van der Waals surface area contributed by atoms with E-state index in [9.17, 15) is 19.8 Å². The Balaban J connectivity index is 2.59. The standard InChI is InChI=1S/C15H22N2O4/c1-15(2,16)8-7-13(19)17-12(14(20)21)9-10-3-5-11(18)6-4-10/h3-6,12,18H,7-9,16H2,1-2H3,(H,17,19)(H,20,21)/t12-/m1/s1. The molecule has 0 bridgehead atoms. The molecular weight excluding hydrogens is 272 g/mol. The Hall–Kier alpha value is -2.08. The smallest absolute Gasteiger partial charge is 0.326 e. The number of aromatic hydroxyl groups is 1. The van der Waals surface area contributed by atoms with E-state index in [0.29, 0.717) is 6.42 Å². The van der Waals surface area contributed by atoms with E-state index in [1.165, 1.54) is 12.1 Å². The maximum Gasteiger partial charge on any atom is 0.326 e. The fourth-order valence-corrected chi connectivity index (χ4v) is 1.77. The highest BCUT2D eigenvalue weighted by Gasteiger charge is 2.21. The van der Waals surface area contributed by atoms with E-state index < -0.39 is 17.6 Å². The number of carboxylic acid groups (broad SMARTS) is 1. The van der Waals surface area contributed by atoms with E-state index >= 15 is 0 Å². The van der Waals surface area contributed by atoms with E-state index in [0.717, 1.165) is 5.56 Å². The molecule has 0 aromatic heterocycles. The molecule has 6 heteroatoms. The van der Waals surface area contributed by atoms with E-state index in [2.05, 4.69) is 5.32 Å². The van der Waals surface area contributed by atoms with Crippen molar-refractivity contribution >= 4 is 11.9 Å². The van der Waals surface area contributed by atoms with Crippen LogP contribution in [0, 0.1) is 0 Å². The molecule has 0 radical (unpaired) electrons. The Morgan fingerprint density at radius 2 is 1.86 bits per heavy atom. The minimum Gasteiger partial charge on any atom is -0.508 e. The second-order valence-electron chi connectivity index (χ2n) is 5.82. The number of phenolic OH excluding ortho intramolecular Hbond substituents is 1. The van der Waals surface area contributed by atoms with Crippen molar-refractivity contribution in [2.24, 2.45) is 5.73 Å². The van der Waals surface area contributed by atoms with Gasteiger partial charge in [0.1, 0.15) is 11.8 Å². The van der Waals surface area contributed by atoms with Gasteiger partial charge in [0, 0.05) is 18.4 Å². The number of carbonyl (C=O) groups is 2. The Kier molecular flexibility index (Phi) is 5.72. The number of hydrogen-bond acceptors (Lipinski definition) is 4. The molecule has 6 nitrogen and oxygen atoms in total. The van der Waals surface area contributed by atoms with Crippen LogP contribution >= 0.6 is 0 Å². The third-order valence-corrected chi connectivity index (χ3v) is 3.01. The number of nitrogens with two attached hydrogens (primary N) is 1. The van der Waals surface area contributed by atoms with Gasteiger partial charge in [-0.1, -0.05) is 12.1 Å². The van der Waals surface area contributed by atoms with Gasteiger partial charge < -0.3 is 21.3 Å². The van der Waals surface area contributed by atoms with Crippen molar-refractivity contribution in [1.29, 1.82) is 0 Å². The number of nitrogens with one attached hydrogen (secondary N) is 1. The summed E-state index contributed by atoms with van der Waals surface area (Å²) in [7, 11) is 0. The first-order chi connectivity index (χ1) is 9.67. The SMILES string of the molecule is CC(C)(N)CCC(=O)N[C@H](Cc1ccc(O)cc1)C(=O)O. The van der Waals surface area contributed by atoms with Crippen LogP contribution in [0.15, 0.2) is 24.3 Å². The lowest BCUT2D eigenvalue weighted by Crippen LogP contribution is -2.43. The monoisotopic (exact) mass is 294 g/mol. The van der Waals surface area contributed by atoms with Crippen LogP contribution in [0.2, 0.25) is 0 Å². The van der Waals surface area contributed by atoms with Gasteiger partial charge in [0.15, 0.2) is 0 Å². The molecular formula is C15H22N2O4. The molecule has 1 aromatic rings. The molecule has 1 aromatic carbocycles. The first-order valence-electron chi connectivity index (χ1n) is 6.76. The van der Waals surface area contributed by atoms with Crippen LogP contribution in [0.1, 0.15) is 32.3 Å². The van der Waals surface area contributed by atoms with Gasteiger partial charge in [0.25, 0.3) is 0 Å². The number of benzene rings is 1. The number of aliphatic carboxylic acids is 1. The van der Waals surface area contributed by atoms with Crippen molar-refractivity contribution < 1.29 is 19.8 Å². The highest BCUT2D eigenvalue weighted by atomic mass is 16.4. The van der Waals surface area contributed by atoms with Gasteiger partial charge in [0.05, 0.1) is 0 Å². The number of rotatable bonds is 7. The summed E-state index contributed by atoms with van der Waals surface area (Å²) in [6, 6.07) is 5.21. The predicted molar refractivity (Wildman–Crippen MR) is 78.9 cm³/mol. The molecule has 0 fully saturated rings. The third kappa shape index (κ3) is 6.76. The average Bonchev–Trinajstić information content (AvgIpc) is 2.37. The fourth-order valence-electron chi connectivity index (χ4n) is 1.77.